The van der Waals surface area contributed by atoms with Crippen LogP contribution in [0.1, 0.15) is 19.8 Å². The van der Waals surface area contributed by atoms with Crippen molar-refractivity contribution in [3.8, 4) is 0 Å². The number of hydrogen-bond donors (Lipinski definition) is 4. The Bertz CT molecular complexity index is 257. The second-order valence-corrected chi connectivity index (χ2v) is 6.11. The van der Waals surface area contributed by atoms with Crippen molar-refractivity contribution in [3.63, 3.8) is 0 Å². The summed E-state index contributed by atoms with van der Waals surface area (Å²) in [5.74, 6) is 0. The van der Waals surface area contributed by atoms with Gasteiger partial charge in [-0.3, -0.25) is 4.57 Å². The molecule has 0 saturated carbocycles. The Morgan fingerprint density at radius 1 is 1.14 bits per heavy atom. The zero-order chi connectivity index (χ0) is 11.4. The minimum Gasteiger partial charge on any atom is -0.324 e. The first-order valence-corrected chi connectivity index (χ1v) is 7.38. The summed E-state index contributed by atoms with van der Waals surface area (Å²) in [6.45, 7) is 1.79. The van der Waals surface area contributed by atoms with Gasteiger partial charge in [0, 0.05) is 6.54 Å². The van der Waals surface area contributed by atoms with Crippen LogP contribution >= 0.6 is 15.3 Å². The van der Waals surface area contributed by atoms with Gasteiger partial charge in [0.2, 0.25) is 0 Å². The minimum atomic E-state index is -4.56. The van der Waals surface area contributed by atoms with Crippen molar-refractivity contribution >= 4 is 15.3 Å². The van der Waals surface area contributed by atoms with E-state index in [9.17, 15) is 9.13 Å². The topological polar surface area (TPSA) is 118 Å². The Kier molecular flexibility index (Phi) is 5.47. The van der Waals surface area contributed by atoms with Crippen LogP contribution in [0.15, 0.2) is 0 Å². The molecule has 0 aliphatic heterocycles. The minimum absolute atomic E-state index is 0.0219. The molecule has 0 radical (unpaired) electrons. The van der Waals surface area contributed by atoms with Gasteiger partial charge in [0.05, 0.1) is 0 Å². The molecule has 86 valence electrons. The first-order chi connectivity index (χ1) is 6.17. The first kappa shape index (κ1) is 14.3. The van der Waals surface area contributed by atoms with Crippen LogP contribution in [0.25, 0.3) is 0 Å². The van der Waals surface area contributed by atoms with Crippen molar-refractivity contribution in [1.82, 2.24) is 4.67 Å². The molecule has 0 spiro atoms. The van der Waals surface area contributed by atoms with Crippen molar-refractivity contribution in [3.05, 3.63) is 0 Å². The van der Waals surface area contributed by atoms with Gasteiger partial charge in [-0.25, -0.2) is 4.57 Å². The van der Waals surface area contributed by atoms with Gasteiger partial charge in [-0.15, -0.1) is 0 Å². The van der Waals surface area contributed by atoms with Gasteiger partial charge in [-0.1, -0.05) is 13.3 Å². The molecule has 0 aliphatic carbocycles. The van der Waals surface area contributed by atoms with E-state index in [4.69, 9.17) is 19.6 Å². The average Bonchev–Trinajstić information content (AvgIpc) is 1.93. The summed E-state index contributed by atoms with van der Waals surface area (Å²) in [5, 5.41) is 0. The summed E-state index contributed by atoms with van der Waals surface area (Å²) < 4.78 is 21.9. The predicted molar refractivity (Wildman–Crippen MR) is 50.6 cm³/mol. The van der Waals surface area contributed by atoms with E-state index in [0.29, 0.717) is 17.5 Å². The molecule has 0 atom stereocenters. The maximum absolute atomic E-state index is 10.8. The molecule has 0 saturated heterocycles. The van der Waals surface area contributed by atoms with Crippen LogP contribution in [0.3, 0.4) is 0 Å². The van der Waals surface area contributed by atoms with Crippen LogP contribution in [0.2, 0.25) is 0 Å². The fourth-order valence-electron chi connectivity index (χ4n) is 0.837. The van der Waals surface area contributed by atoms with E-state index in [2.05, 4.69) is 0 Å². The standard InChI is InChI=1S/C5H15NO6P2/c1-2-3-4-6(14(10,11)12)5-13(7,8)9/h2-5H2,1H3,(H2,7,8,9)(H2,10,11,12). The van der Waals surface area contributed by atoms with Crippen molar-refractivity contribution < 1.29 is 28.7 Å². The van der Waals surface area contributed by atoms with Gasteiger partial charge in [-0.05, 0) is 6.42 Å². The molecule has 0 aromatic heterocycles. The third kappa shape index (κ3) is 6.68. The van der Waals surface area contributed by atoms with E-state index >= 15 is 0 Å². The first-order valence-electron chi connectivity index (χ1n) is 4.02. The van der Waals surface area contributed by atoms with Crippen molar-refractivity contribution in [1.29, 1.82) is 0 Å². The average molecular weight is 247 g/mol. The van der Waals surface area contributed by atoms with Crippen LogP contribution in [0.5, 0.6) is 0 Å². The summed E-state index contributed by atoms with van der Waals surface area (Å²) in [6.07, 6.45) is 0.264. The van der Waals surface area contributed by atoms with E-state index in [0.717, 1.165) is 0 Å². The fraction of sp³-hybridized carbons (Fsp3) is 1.00. The number of hydrogen-bond acceptors (Lipinski definition) is 2. The molecular weight excluding hydrogens is 232 g/mol. The van der Waals surface area contributed by atoms with Gasteiger partial charge < -0.3 is 19.6 Å². The molecule has 4 N–H and O–H groups in total. The molecule has 0 heterocycles. The maximum Gasteiger partial charge on any atom is 0.403 e. The quantitative estimate of drug-likeness (QED) is 0.499. The molecule has 0 aromatic rings. The predicted octanol–water partition coefficient (Wildman–Crippen LogP) is 0.316. The second-order valence-electron chi connectivity index (χ2n) is 2.90. The summed E-state index contributed by atoms with van der Waals surface area (Å²) >= 11 is 0. The monoisotopic (exact) mass is 247 g/mol. The van der Waals surface area contributed by atoms with Crippen LogP contribution in [-0.2, 0) is 9.13 Å². The van der Waals surface area contributed by atoms with E-state index in [-0.39, 0.29) is 6.54 Å². The van der Waals surface area contributed by atoms with Crippen molar-refractivity contribution in [2.45, 2.75) is 19.8 Å². The Morgan fingerprint density at radius 3 is 1.93 bits per heavy atom. The SMILES string of the molecule is CCCCN(CP(=O)(O)O)P(=O)(O)O. The summed E-state index contributed by atoms with van der Waals surface area (Å²) in [5.41, 5.74) is 0. The van der Waals surface area contributed by atoms with Gasteiger partial charge in [0.15, 0.2) is 0 Å². The molecule has 0 bridgehead atoms. The molecule has 7 nitrogen and oxygen atoms in total. The second kappa shape index (κ2) is 5.37. The van der Waals surface area contributed by atoms with Gasteiger partial charge in [-0.2, -0.15) is 4.67 Å². The molecule has 0 unspecified atom stereocenters. The lowest BCUT2D eigenvalue weighted by Crippen LogP contribution is -2.22. The molecule has 0 aliphatic rings. The normalized spacial score (nSPS) is 13.6. The summed E-state index contributed by atoms with van der Waals surface area (Å²) in [6, 6.07) is 0. The van der Waals surface area contributed by atoms with E-state index in [1.54, 1.807) is 0 Å². The smallest absolute Gasteiger partial charge is 0.324 e. The van der Waals surface area contributed by atoms with Crippen molar-refractivity contribution in [2.75, 3.05) is 12.8 Å². The molecule has 0 rings (SSSR count). The van der Waals surface area contributed by atoms with E-state index in [1.165, 1.54) is 0 Å². The van der Waals surface area contributed by atoms with Crippen LogP contribution in [0.4, 0.5) is 0 Å². The lowest BCUT2D eigenvalue weighted by molar-refractivity contribution is 0.267. The molecule has 9 heteroatoms. The zero-order valence-electron chi connectivity index (χ0n) is 7.78. The van der Waals surface area contributed by atoms with Gasteiger partial charge in [0.1, 0.15) is 6.29 Å². The van der Waals surface area contributed by atoms with Crippen molar-refractivity contribution in [2.24, 2.45) is 0 Å². The lowest BCUT2D eigenvalue weighted by Gasteiger charge is -2.22. The van der Waals surface area contributed by atoms with E-state index < -0.39 is 21.6 Å². The molecule has 0 aromatic carbocycles. The van der Waals surface area contributed by atoms with Gasteiger partial charge in [0.25, 0.3) is 0 Å². The Hall–Kier alpha value is 0.260. The Morgan fingerprint density at radius 2 is 1.64 bits per heavy atom. The summed E-state index contributed by atoms with van der Waals surface area (Å²) in [4.78, 5) is 34.7. The summed E-state index contributed by atoms with van der Waals surface area (Å²) in [7, 11) is -8.99. The molecular formula is C5H15NO6P2. The molecule has 0 amide bonds. The number of unbranched alkanes of at least 4 members (excludes halogenated alkanes) is 1. The number of rotatable bonds is 6. The number of nitrogens with zero attached hydrogens (tertiary/aromatic N) is 1. The van der Waals surface area contributed by atoms with Gasteiger partial charge >= 0.3 is 15.3 Å². The zero-order valence-corrected chi connectivity index (χ0v) is 9.56. The van der Waals surface area contributed by atoms with Crippen LogP contribution in [-0.4, -0.2) is 37.1 Å². The molecule has 0 fully saturated rings. The van der Waals surface area contributed by atoms with E-state index in [1.807, 2.05) is 6.92 Å². The Labute approximate surface area is 82.1 Å². The fourth-order valence-corrected chi connectivity index (χ4v) is 2.96. The maximum atomic E-state index is 10.8. The van der Waals surface area contributed by atoms with Crippen LogP contribution in [0, 0.1) is 0 Å². The van der Waals surface area contributed by atoms with Crippen LogP contribution < -0.4 is 0 Å². The third-order valence-electron chi connectivity index (χ3n) is 1.49. The third-order valence-corrected chi connectivity index (χ3v) is 3.50. The highest BCUT2D eigenvalue weighted by atomic mass is 31.2. The highest BCUT2D eigenvalue weighted by Gasteiger charge is 2.30. The molecule has 14 heavy (non-hydrogen) atoms. The highest BCUT2D eigenvalue weighted by molar-refractivity contribution is 7.54. The largest absolute Gasteiger partial charge is 0.403 e. The lowest BCUT2D eigenvalue weighted by atomic mass is 10.3. The Balaban J connectivity index is 4.42. The highest BCUT2D eigenvalue weighted by Crippen LogP contribution is 2.47.